The van der Waals surface area contributed by atoms with Crippen molar-refractivity contribution >= 4 is 5.70 Å². The monoisotopic (exact) mass is 335 g/mol. The van der Waals surface area contributed by atoms with E-state index in [0.717, 1.165) is 23.4 Å². The van der Waals surface area contributed by atoms with Crippen molar-refractivity contribution in [3.05, 3.63) is 69.6 Å². The Labute approximate surface area is 147 Å². The highest BCUT2D eigenvalue weighted by Crippen LogP contribution is 2.41. The molecule has 0 atom stereocenters. The molecule has 5 nitrogen and oxygen atoms in total. The first kappa shape index (κ1) is 17.0. The Hall–Kier alpha value is -2.84. The zero-order chi connectivity index (χ0) is 18.0. The van der Waals surface area contributed by atoms with Gasteiger partial charge in [0.05, 0.1) is 17.3 Å². The minimum Gasteiger partial charge on any atom is -0.483 e. The minimum absolute atomic E-state index is 0.113. The van der Waals surface area contributed by atoms with Gasteiger partial charge in [-0.2, -0.15) is 5.26 Å². The molecular weight excluding hydrogens is 314 g/mol. The Balaban J connectivity index is 2.35. The van der Waals surface area contributed by atoms with Crippen molar-refractivity contribution in [2.24, 2.45) is 0 Å². The van der Waals surface area contributed by atoms with E-state index in [2.05, 4.69) is 11.4 Å². The Morgan fingerprint density at radius 1 is 1.28 bits per heavy atom. The van der Waals surface area contributed by atoms with Gasteiger partial charge < -0.3 is 10.1 Å². The van der Waals surface area contributed by atoms with E-state index in [1.807, 2.05) is 26.8 Å². The number of pyridine rings is 1. The average molecular weight is 335 g/mol. The van der Waals surface area contributed by atoms with Gasteiger partial charge in [0.1, 0.15) is 11.4 Å². The summed E-state index contributed by atoms with van der Waals surface area (Å²) in [6.45, 7) is 7.43. The lowest BCUT2D eigenvalue weighted by molar-refractivity contribution is 0.140. The van der Waals surface area contributed by atoms with Crippen molar-refractivity contribution in [3.8, 4) is 11.8 Å². The lowest BCUT2D eigenvalue weighted by atomic mass is 9.88. The molecule has 2 heterocycles. The first-order valence-corrected chi connectivity index (χ1v) is 8.34. The molecule has 2 aromatic rings. The zero-order valence-electron chi connectivity index (χ0n) is 14.7. The molecule has 0 saturated carbocycles. The first-order chi connectivity index (χ1) is 12.0. The lowest BCUT2D eigenvalue weighted by Gasteiger charge is -2.37. The molecule has 1 aromatic heterocycles. The van der Waals surface area contributed by atoms with Crippen LogP contribution in [-0.4, -0.2) is 23.3 Å². The van der Waals surface area contributed by atoms with Crippen molar-refractivity contribution in [2.75, 3.05) is 13.1 Å². The van der Waals surface area contributed by atoms with Gasteiger partial charge in [0, 0.05) is 29.9 Å². The Kier molecular flexibility index (Phi) is 4.47. The van der Waals surface area contributed by atoms with Crippen LogP contribution in [0.25, 0.3) is 5.70 Å². The molecule has 0 unspecified atom stereocenters. The van der Waals surface area contributed by atoms with Gasteiger partial charge in [-0.3, -0.25) is 9.36 Å². The molecule has 0 saturated heterocycles. The number of hydrogen-bond donors (Lipinski definition) is 1. The molecule has 0 bridgehead atoms. The topological polar surface area (TPSA) is 67.0 Å². The average Bonchev–Trinajstić information content (AvgIpc) is 2.59. The van der Waals surface area contributed by atoms with Crippen molar-refractivity contribution in [3.63, 3.8) is 0 Å². The van der Waals surface area contributed by atoms with E-state index in [1.54, 1.807) is 35.0 Å². The summed E-state index contributed by atoms with van der Waals surface area (Å²) in [6, 6.07) is 12.6. The molecule has 0 amide bonds. The highest BCUT2D eigenvalue weighted by atomic mass is 16.5. The summed E-state index contributed by atoms with van der Waals surface area (Å²) < 4.78 is 7.83. The first-order valence-electron chi connectivity index (χ1n) is 8.34. The maximum absolute atomic E-state index is 12.5. The second-order valence-corrected chi connectivity index (χ2v) is 6.45. The number of likely N-dealkylation sites (N-methyl/N-ethyl adjacent to an activating group) is 1. The summed E-state index contributed by atoms with van der Waals surface area (Å²) in [5, 5.41) is 12.6. The van der Waals surface area contributed by atoms with Crippen LogP contribution in [-0.2, 0) is 0 Å². The third-order valence-corrected chi connectivity index (χ3v) is 4.36. The van der Waals surface area contributed by atoms with E-state index in [0.29, 0.717) is 17.9 Å². The van der Waals surface area contributed by atoms with E-state index in [4.69, 9.17) is 4.74 Å². The van der Waals surface area contributed by atoms with E-state index in [1.165, 1.54) is 6.07 Å². The molecule has 128 valence electrons. The SMILES string of the molecule is CCNCC1=C(n2ccccc2=O)c2cc(C#N)ccc2OC1(C)C. The fourth-order valence-electron chi connectivity index (χ4n) is 3.09. The number of aromatic nitrogens is 1. The summed E-state index contributed by atoms with van der Waals surface area (Å²) in [6.07, 6.45) is 1.76. The summed E-state index contributed by atoms with van der Waals surface area (Å²) in [5.74, 6) is 0.676. The largest absolute Gasteiger partial charge is 0.483 e. The molecule has 0 fully saturated rings. The standard InChI is InChI=1S/C20H21N3O2/c1-4-22-13-16-19(23-10-6-5-7-18(23)24)15-11-14(12-21)8-9-17(15)25-20(16,2)3/h5-11,22H,4,13H2,1-3H3. The number of fused-ring (bicyclic) bond motifs is 1. The van der Waals surface area contributed by atoms with Crippen molar-refractivity contribution in [2.45, 2.75) is 26.4 Å². The summed E-state index contributed by atoms with van der Waals surface area (Å²) in [4.78, 5) is 12.5. The molecule has 1 aliphatic rings. The van der Waals surface area contributed by atoms with Gasteiger partial charge in [-0.25, -0.2) is 0 Å². The van der Waals surface area contributed by atoms with Gasteiger partial charge in [0.15, 0.2) is 0 Å². The van der Waals surface area contributed by atoms with Gasteiger partial charge in [-0.05, 0) is 44.7 Å². The van der Waals surface area contributed by atoms with Gasteiger partial charge >= 0.3 is 0 Å². The van der Waals surface area contributed by atoms with Crippen LogP contribution in [0.3, 0.4) is 0 Å². The van der Waals surface area contributed by atoms with Crippen LogP contribution in [0.4, 0.5) is 0 Å². The van der Waals surface area contributed by atoms with Crippen molar-refractivity contribution in [1.82, 2.24) is 9.88 Å². The number of benzene rings is 1. The minimum atomic E-state index is -0.575. The Morgan fingerprint density at radius 3 is 2.76 bits per heavy atom. The molecule has 1 aliphatic heterocycles. The zero-order valence-corrected chi connectivity index (χ0v) is 14.7. The number of ether oxygens (including phenoxy) is 1. The number of nitrogens with zero attached hydrogens (tertiary/aromatic N) is 2. The van der Waals surface area contributed by atoms with Gasteiger partial charge in [-0.15, -0.1) is 0 Å². The van der Waals surface area contributed by atoms with E-state index in [9.17, 15) is 10.1 Å². The van der Waals surface area contributed by atoms with Crippen LogP contribution in [0.5, 0.6) is 5.75 Å². The fourth-order valence-corrected chi connectivity index (χ4v) is 3.09. The van der Waals surface area contributed by atoms with Crippen molar-refractivity contribution in [1.29, 1.82) is 5.26 Å². The summed E-state index contributed by atoms with van der Waals surface area (Å²) in [7, 11) is 0. The number of rotatable bonds is 4. The smallest absolute Gasteiger partial charge is 0.255 e. The van der Waals surface area contributed by atoms with Crippen molar-refractivity contribution < 1.29 is 4.74 Å². The van der Waals surface area contributed by atoms with E-state index < -0.39 is 5.60 Å². The molecule has 3 rings (SSSR count). The van der Waals surface area contributed by atoms with Gasteiger partial charge in [-0.1, -0.05) is 13.0 Å². The highest BCUT2D eigenvalue weighted by Gasteiger charge is 2.35. The Bertz CT molecular complexity index is 932. The molecule has 0 spiro atoms. The normalized spacial score (nSPS) is 15.3. The maximum atomic E-state index is 12.5. The van der Waals surface area contributed by atoms with E-state index >= 15 is 0 Å². The lowest BCUT2D eigenvalue weighted by Crippen LogP contribution is -2.41. The number of hydrogen-bond acceptors (Lipinski definition) is 4. The molecule has 0 aliphatic carbocycles. The fraction of sp³-hybridized carbons (Fsp3) is 0.300. The molecule has 25 heavy (non-hydrogen) atoms. The number of nitriles is 1. The number of nitrogens with one attached hydrogen (secondary N) is 1. The molecule has 0 radical (unpaired) electrons. The summed E-state index contributed by atoms with van der Waals surface area (Å²) in [5.41, 5.74) is 2.37. The predicted molar refractivity (Wildman–Crippen MR) is 97.4 cm³/mol. The van der Waals surface area contributed by atoms with Crippen LogP contribution < -0.4 is 15.6 Å². The molecule has 1 aromatic carbocycles. The van der Waals surface area contributed by atoms with Crippen LogP contribution in [0.2, 0.25) is 0 Å². The quantitative estimate of drug-likeness (QED) is 0.933. The molecular formula is C20H21N3O2. The second-order valence-electron chi connectivity index (χ2n) is 6.45. The third kappa shape index (κ3) is 3.09. The second kappa shape index (κ2) is 6.58. The molecule has 5 heteroatoms. The summed E-state index contributed by atoms with van der Waals surface area (Å²) >= 11 is 0. The van der Waals surface area contributed by atoms with Gasteiger partial charge in [0.25, 0.3) is 5.56 Å². The third-order valence-electron chi connectivity index (χ3n) is 4.36. The van der Waals surface area contributed by atoms with Crippen LogP contribution in [0.1, 0.15) is 31.9 Å². The van der Waals surface area contributed by atoms with E-state index in [-0.39, 0.29) is 5.56 Å². The van der Waals surface area contributed by atoms with Crippen LogP contribution in [0.15, 0.2) is 53.0 Å². The predicted octanol–water partition coefficient (Wildman–Crippen LogP) is 2.76. The highest BCUT2D eigenvalue weighted by molar-refractivity contribution is 5.77. The molecule has 1 N–H and O–H groups in total. The van der Waals surface area contributed by atoms with Crippen LogP contribution in [0, 0.1) is 11.3 Å². The van der Waals surface area contributed by atoms with Crippen LogP contribution >= 0.6 is 0 Å². The Morgan fingerprint density at radius 2 is 2.08 bits per heavy atom. The maximum Gasteiger partial charge on any atom is 0.255 e. The van der Waals surface area contributed by atoms with Gasteiger partial charge in [0.2, 0.25) is 0 Å².